The van der Waals surface area contributed by atoms with Gasteiger partial charge in [0.15, 0.2) is 0 Å². The minimum Gasteiger partial charge on any atom is -0.369 e. The number of aryl methyl sites for hydroxylation is 1. The topological polar surface area (TPSA) is 127 Å². The molecule has 0 spiro atoms. The van der Waals surface area contributed by atoms with Crippen LogP contribution in [0.25, 0.3) is 10.2 Å². The smallest absolute Gasteiger partial charge is 0.238 e. The molecule has 2 aromatic heterocycles. The zero-order valence-corrected chi connectivity index (χ0v) is 16.9. The monoisotopic (exact) mass is 419 g/mol. The molecule has 3 rings (SSSR count). The van der Waals surface area contributed by atoms with Crippen LogP contribution in [0.2, 0.25) is 0 Å². The lowest BCUT2D eigenvalue weighted by atomic mass is 10.2. The number of nitrogens with zero attached hydrogens (tertiary/aromatic N) is 2. The molecule has 0 aliphatic rings. The predicted molar refractivity (Wildman–Crippen MR) is 110 cm³/mol. The summed E-state index contributed by atoms with van der Waals surface area (Å²) in [5.74, 6) is 0.611. The van der Waals surface area contributed by atoms with Crippen molar-refractivity contribution in [1.29, 1.82) is 0 Å². The predicted octanol–water partition coefficient (Wildman–Crippen LogP) is 2.02. The summed E-state index contributed by atoms with van der Waals surface area (Å²) in [6.07, 6.45) is 2.75. The number of aromatic nitrogens is 2. The number of anilines is 1. The summed E-state index contributed by atoms with van der Waals surface area (Å²) in [6.45, 7) is 2.85. The Morgan fingerprint density at radius 3 is 2.64 bits per heavy atom. The maximum absolute atomic E-state index is 12.0. The Bertz CT molecular complexity index is 1080. The third-order valence-corrected chi connectivity index (χ3v) is 6.23. The van der Waals surface area contributed by atoms with E-state index in [4.69, 9.17) is 5.14 Å². The fourth-order valence-electron chi connectivity index (χ4n) is 2.60. The van der Waals surface area contributed by atoms with Crippen molar-refractivity contribution in [2.45, 2.75) is 31.2 Å². The maximum atomic E-state index is 12.0. The number of thiophene rings is 1. The Hall–Kier alpha value is -2.56. The van der Waals surface area contributed by atoms with E-state index in [1.54, 1.807) is 23.5 Å². The van der Waals surface area contributed by atoms with Gasteiger partial charge in [-0.3, -0.25) is 4.79 Å². The lowest BCUT2D eigenvalue weighted by Gasteiger charge is -2.08. The van der Waals surface area contributed by atoms with Gasteiger partial charge in [0.2, 0.25) is 15.9 Å². The number of hydrogen-bond acceptors (Lipinski definition) is 7. The average molecular weight is 420 g/mol. The zero-order valence-electron chi connectivity index (χ0n) is 15.3. The van der Waals surface area contributed by atoms with Gasteiger partial charge in [-0.1, -0.05) is 19.1 Å². The van der Waals surface area contributed by atoms with Gasteiger partial charge in [0, 0.05) is 24.4 Å². The molecule has 0 saturated heterocycles. The van der Waals surface area contributed by atoms with Crippen LogP contribution in [0.5, 0.6) is 0 Å². The molecule has 3 aromatic rings. The van der Waals surface area contributed by atoms with Crippen molar-refractivity contribution in [3.63, 3.8) is 0 Å². The van der Waals surface area contributed by atoms with Crippen molar-refractivity contribution in [2.24, 2.45) is 5.14 Å². The van der Waals surface area contributed by atoms with Crippen LogP contribution in [0.3, 0.4) is 0 Å². The minimum atomic E-state index is -3.71. The summed E-state index contributed by atoms with van der Waals surface area (Å²) in [6, 6.07) is 8.16. The number of carbonyl (C=O) groups excluding carboxylic acids is 1. The fourth-order valence-corrected chi connectivity index (χ4v) is 4.05. The SMILES string of the molecule is CCc1cc2c(NCCC(=O)NCc3ccc(S(N)(=O)=O)cc3)ncnc2s1. The molecule has 0 fully saturated rings. The van der Waals surface area contributed by atoms with Gasteiger partial charge < -0.3 is 10.6 Å². The largest absolute Gasteiger partial charge is 0.369 e. The molecule has 4 N–H and O–H groups in total. The highest BCUT2D eigenvalue weighted by atomic mass is 32.2. The minimum absolute atomic E-state index is 0.0441. The van der Waals surface area contributed by atoms with Crippen molar-refractivity contribution < 1.29 is 13.2 Å². The molecule has 148 valence electrons. The molecule has 0 bridgehead atoms. The van der Waals surface area contributed by atoms with Gasteiger partial charge in [-0.25, -0.2) is 23.5 Å². The lowest BCUT2D eigenvalue weighted by molar-refractivity contribution is -0.121. The molecule has 0 atom stereocenters. The van der Waals surface area contributed by atoms with Gasteiger partial charge in [0.1, 0.15) is 17.0 Å². The summed E-state index contributed by atoms with van der Waals surface area (Å²) in [4.78, 5) is 22.8. The highest BCUT2D eigenvalue weighted by Crippen LogP contribution is 2.28. The average Bonchev–Trinajstić information content (AvgIpc) is 3.10. The van der Waals surface area contributed by atoms with E-state index in [2.05, 4.69) is 33.6 Å². The zero-order chi connectivity index (χ0) is 20.1. The first kappa shape index (κ1) is 20.2. The molecule has 1 amide bonds. The highest BCUT2D eigenvalue weighted by molar-refractivity contribution is 7.89. The van der Waals surface area contributed by atoms with Crippen LogP contribution in [-0.2, 0) is 27.8 Å². The Morgan fingerprint density at radius 1 is 1.21 bits per heavy atom. The number of nitrogens with two attached hydrogens (primary N) is 1. The molecule has 10 heteroatoms. The molecule has 1 aromatic carbocycles. The maximum Gasteiger partial charge on any atom is 0.238 e. The summed E-state index contributed by atoms with van der Waals surface area (Å²) < 4.78 is 22.5. The number of benzene rings is 1. The Balaban J connectivity index is 1.49. The summed E-state index contributed by atoms with van der Waals surface area (Å²) in [5, 5.41) is 12.0. The van der Waals surface area contributed by atoms with E-state index in [0.29, 0.717) is 13.1 Å². The fraction of sp³-hybridized carbons (Fsp3) is 0.278. The van der Waals surface area contributed by atoms with E-state index >= 15 is 0 Å². The van der Waals surface area contributed by atoms with Gasteiger partial charge in [0.25, 0.3) is 0 Å². The van der Waals surface area contributed by atoms with Gasteiger partial charge in [-0.2, -0.15) is 0 Å². The summed E-state index contributed by atoms with van der Waals surface area (Å²) in [7, 11) is -3.71. The van der Waals surface area contributed by atoms with E-state index in [1.165, 1.54) is 23.3 Å². The number of primary sulfonamides is 1. The van der Waals surface area contributed by atoms with Crippen LogP contribution in [0.1, 0.15) is 23.8 Å². The first-order valence-corrected chi connectivity index (χ1v) is 11.1. The van der Waals surface area contributed by atoms with Crippen LogP contribution >= 0.6 is 11.3 Å². The van der Waals surface area contributed by atoms with E-state index in [1.807, 2.05) is 0 Å². The van der Waals surface area contributed by atoms with Gasteiger partial charge >= 0.3 is 0 Å². The van der Waals surface area contributed by atoms with Gasteiger partial charge in [-0.15, -0.1) is 11.3 Å². The van der Waals surface area contributed by atoms with Crippen LogP contribution < -0.4 is 15.8 Å². The van der Waals surface area contributed by atoms with Gasteiger partial charge in [-0.05, 0) is 30.2 Å². The van der Waals surface area contributed by atoms with Crippen molar-refractivity contribution in [3.8, 4) is 0 Å². The summed E-state index contributed by atoms with van der Waals surface area (Å²) in [5.41, 5.74) is 0.789. The number of carbonyl (C=O) groups is 1. The number of amides is 1. The second-order valence-corrected chi connectivity index (χ2v) is 8.83. The van der Waals surface area contributed by atoms with Crippen molar-refractivity contribution >= 4 is 43.3 Å². The molecular formula is C18H21N5O3S2. The summed E-state index contributed by atoms with van der Waals surface area (Å²) >= 11 is 1.64. The normalized spacial score (nSPS) is 11.5. The van der Waals surface area contributed by atoms with Crippen LogP contribution in [0, 0.1) is 0 Å². The lowest BCUT2D eigenvalue weighted by Crippen LogP contribution is -2.25. The molecule has 0 aliphatic carbocycles. The van der Waals surface area contributed by atoms with Crippen LogP contribution in [0.15, 0.2) is 41.6 Å². The molecule has 0 saturated carbocycles. The van der Waals surface area contributed by atoms with Gasteiger partial charge in [0.05, 0.1) is 10.3 Å². The standard InChI is InChI=1S/C18H21N5O3S2/c1-2-13-9-15-17(22-11-23-18(15)27-13)20-8-7-16(24)21-10-12-3-5-14(6-4-12)28(19,25)26/h3-6,9,11H,2,7-8,10H2,1H3,(H,21,24)(H2,19,25,26)(H,20,22,23). The number of nitrogens with one attached hydrogen (secondary N) is 2. The number of rotatable bonds is 8. The third-order valence-electron chi connectivity index (χ3n) is 4.11. The quantitative estimate of drug-likeness (QED) is 0.513. The first-order chi connectivity index (χ1) is 13.4. The number of hydrogen-bond donors (Lipinski definition) is 3. The second kappa shape index (κ2) is 8.63. The van der Waals surface area contributed by atoms with Crippen molar-refractivity contribution in [3.05, 3.63) is 47.1 Å². The molecule has 0 aliphatic heterocycles. The Labute approximate surface area is 167 Å². The first-order valence-electron chi connectivity index (χ1n) is 8.72. The third kappa shape index (κ3) is 5.03. The van der Waals surface area contributed by atoms with E-state index in [9.17, 15) is 13.2 Å². The number of sulfonamides is 1. The molecular weight excluding hydrogens is 398 g/mol. The van der Waals surface area contributed by atoms with Crippen LogP contribution in [-0.4, -0.2) is 30.8 Å². The van der Waals surface area contributed by atoms with Crippen LogP contribution in [0.4, 0.5) is 5.82 Å². The second-order valence-electron chi connectivity index (χ2n) is 6.15. The van der Waals surface area contributed by atoms with E-state index in [-0.39, 0.29) is 17.2 Å². The molecule has 0 radical (unpaired) electrons. The van der Waals surface area contributed by atoms with E-state index in [0.717, 1.165) is 28.0 Å². The number of fused-ring (bicyclic) bond motifs is 1. The molecule has 8 nitrogen and oxygen atoms in total. The Morgan fingerprint density at radius 2 is 1.96 bits per heavy atom. The van der Waals surface area contributed by atoms with E-state index < -0.39 is 10.0 Å². The molecule has 0 unspecified atom stereocenters. The van der Waals surface area contributed by atoms with Crippen molar-refractivity contribution in [2.75, 3.05) is 11.9 Å². The highest BCUT2D eigenvalue weighted by Gasteiger charge is 2.09. The Kier molecular flexibility index (Phi) is 6.22. The van der Waals surface area contributed by atoms with Crippen molar-refractivity contribution in [1.82, 2.24) is 15.3 Å². The molecule has 2 heterocycles. The molecule has 28 heavy (non-hydrogen) atoms.